The van der Waals surface area contributed by atoms with Crippen LogP contribution in [0.25, 0.3) is 0 Å². The Hall–Kier alpha value is -1.56. The van der Waals surface area contributed by atoms with Crippen molar-refractivity contribution in [3.8, 4) is 0 Å². The molecule has 4 nitrogen and oxygen atoms in total. The van der Waals surface area contributed by atoms with Gasteiger partial charge in [0.25, 0.3) is 0 Å². The normalized spacial score (nSPS) is 14.0. The van der Waals surface area contributed by atoms with Crippen LogP contribution in [0.2, 0.25) is 0 Å². The molecule has 0 radical (unpaired) electrons. The maximum absolute atomic E-state index is 12.9. The van der Waals surface area contributed by atoms with Crippen LogP contribution in [0, 0.1) is 5.82 Å². The molecule has 1 aromatic carbocycles. The van der Waals surface area contributed by atoms with E-state index in [0.717, 1.165) is 35.6 Å². The van der Waals surface area contributed by atoms with Gasteiger partial charge in [0, 0.05) is 18.8 Å². The zero-order valence-electron chi connectivity index (χ0n) is 10.0. The maximum atomic E-state index is 12.9. The highest BCUT2D eigenvalue weighted by Crippen LogP contribution is 2.31. The molecule has 3 rings (SSSR count). The molecule has 1 aliphatic rings. The van der Waals surface area contributed by atoms with E-state index in [1.807, 2.05) is 0 Å². The van der Waals surface area contributed by atoms with Crippen LogP contribution in [0.4, 0.5) is 16.0 Å². The number of aromatic nitrogens is 3. The number of anilines is 2. The summed E-state index contributed by atoms with van der Waals surface area (Å²) in [6.07, 6.45) is 0. The van der Waals surface area contributed by atoms with Crippen molar-refractivity contribution >= 4 is 23.4 Å². The smallest absolute Gasteiger partial charge is 0.232 e. The van der Waals surface area contributed by atoms with Gasteiger partial charge in [0.05, 0.1) is 0 Å². The molecule has 2 aromatic rings. The van der Waals surface area contributed by atoms with Crippen LogP contribution >= 0.6 is 11.8 Å². The first-order chi connectivity index (χ1) is 8.79. The predicted octanol–water partition coefficient (Wildman–Crippen LogP) is 2.68. The fourth-order valence-corrected chi connectivity index (χ4v) is 2.76. The molecule has 0 aliphatic carbocycles. The van der Waals surface area contributed by atoms with E-state index in [2.05, 4.69) is 26.6 Å². The molecule has 0 amide bonds. The van der Waals surface area contributed by atoms with Crippen molar-refractivity contribution in [2.75, 3.05) is 17.2 Å². The van der Waals surface area contributed by atoms with Crippen molar-refractivity contribution in [3.05, 3.63) is 30.1 Å². The average molecular weight is 264 g/mol. The highest BCUT2D eigenvalue weighted by atomic mass is 32.2. The van der Waals surface area contributed by atoms with E-state index in [4.69, 9.17) is 0 Å². The second-order valence-corrected chi connectivity index (χ2v) is 5.23. The first kappa shape index (κ1) is 11.5. The highest BCUT2D eigenvalue weighted by Gasteiger charge is 2.25. The van der Waals surface area contributed by atoms with E-state index in [9.17, 15) is 4.39 Å². The zero-order valence-corrected chi connectivity index (χ0v) is 10.8. The van der Waals surface area contributed by atoms with Gasteiger partial charge in [-0.1, -0.05) is 18.7 Å². The van der Waals surface area contributed by atoms with Gasteiger partial charge >= 0.3 is 0 Å². The van der Waals surface area contributed by atoms with E-state index < -0.39 is 0 Å². The number of halogens is 1. The Bertz CT molecular complexity index is 552. The Morgan fingerprint density at radius 2 is 2.00 bits per heavy atom. The van der Waals surface area contributed by atoms with Crippen molar-refractivity contribution in [2.24, 2.45) is 0 Å². The highest BCUT2D eigenvalue weighted by molar-refractivity contribution is 7.99. The fourth-order valence-electron chi connectivity index (χ4n) is 2.08. The Morgan fingerprint density at radius 3 is 2.72 bits per heavy atom. The Labute approximate surface area is 109 Å². The molecule has 6 heteroatoms. The molecular formula is C12H13FN4S. The topological polar surface area (TPSA) is 34.0 Å². The van der Waals surface area contributed by atoms with Crippen molar-refractivity contribution in [1.29, 1.82) is 0 Å². The lowest BCUT2D eigenvalue weighted by molar-refractivity contribution is 0.627. The van der Waals surface area contributed by atoms with Crippen LogP contribution in [0.1, 0.15) is 6.92 Å². The molecule has 0 fully saturated rings. The molecule has 0 atom stereocenters. The third-order valence-electron chi connectivity index (χ3n) is 2.90. The van der Waals surface area contributed by atoms with Gasteiger partial charge < -0.3 is 4.90 Å². The van der Waals surface area contributed by atoms with Gasteiger partial charge in [-0.05, 0) is 30.0 Å². The summed E-state index contributed by atoms with van der Waals surface area (Å²) >= 11 is 1.69. The van der Waals surface area contributed by atoms with Gasteiger partial charge in [0.2, 0.25) is 5.95 Å². The number of fused-ring (bicyclic) bond motifs is 1. The lowest BCUT2D eigenvalue weighted by atomic mass is 10.3. The van der Waals surface area contributed by atoms with Gasteiger partial charge in [-0.15, -0.1) is 10.2 Å². The summed E-state index contributed by atoms with van der Waals surface area (Å²) in [6.45, 7) is 3.83. The number of rotatable bonds is 3. The van der Waals surface area contributed by atoms with Gasteiger partial charge in [-0.2, -0.15) is 0 Å². The molecule has 0 saturated heterocycles. The van der Waals surface area contributed by atoms with Gasteiger partial charge in [0.15, 0.2) is 5.16 Å². The minimum atomic E-state index is -0.221. The Balaban J connectivity index is 1.92. The molecular weight excluding hydrogens is 251 g/mol. The van der Waals surface area contributed by atoms with Crippen molar-refractivity contribution < 1.29 is 4.39 Å². The maximum Gasteiger partial charge on any atom is 0.232 e. The first-order valence-electron chi connectivity index (χ1n) is 5.88. The van der Waals surface area contributed by atoms with Gasteiger partial charge in [0.1, 0.15) is 5.82 Å². The van der Waals surface area contributed by atoms with Crippen molar-refractivity contribution in [2.45, 2.75) is 18.6 Å². The lowest BCUT2D eigenvalue weighted by Crippen LogP contribution is -2.14. The molecule has 0 N–H and O–H groups in total. The summed E-state index contributed by atoms with van der Waals surface area (Å²) in [7, 11) is 0. The number of hydrogen-bond donors (Lipinski definition) is 0. The largest absolute Gasteiger partial charge is 0.309 e. The average Bonchev–Trinajstić information content (AvgIpc) is 2.94. The summed E-state index contributed by atoms with van der Waals surface area (Å²) in [5, 5.41) is 9.36. The number of benzene rings is 1. The zero-order chi connectivity index (χ0) is 12.5. The Kier molecular flexibility index (Phi) is 2.95. The number of hydrogen-bond acceptors (Lipinski definition) is 4. The number of nitrogens with zero attached hydrogens (tertiary/aromatic N) is 4. The van der Waals surface area contributed by atoms with Crippen LogP contribution in [-0.2, 0) is 6.54 Å². The minimum absolute atomic E-state index is 0.221. The molecule has 0 spiro atoms. The SMILES string of the molecule is CCSc1nnc2n1CCN2c1ccc(F)cc1. The van der Waals surface area contributed by atoms with Gasteiger partial charge in [-0.3, -0.25) is 4.57 Å². The van der Waals surface area contributed by atoms with E-state index in [-0.39, 0.29) is 5.82 Å². The standard InChI is InChI=1S/C12H13FN4S/c1-2-18-12-15-14-11-16(7-8-17(11)12)10-5-3-9(13)4-6-10/h3-6H,2,7-8H2,1H3. The Morgan fingerprint density at radius 1 is 1.22 bits per heavy atom. The first-order valence-corrected chi connectivity index (χ1v) is 6.87. The molecule has 0 saturated carbocycles. The minimum Gasteiger partial charge on any atom is -0.309 e. The molecule has 18 heavy (non-hydrogen) atoms. The fraction of sp³-hybridized carbons (Fsp3) is 0.333. The quantitative estimate of drug-likeness (QED) is 0.798. The molecule has 0 bridgehead atoms. The van der Waals surface area contributed by atoms with E-state index in [1.54, 1.807) is 23.9 Å². The monoisotopic (exact) mass is 264 g/mol. The summed E-state index contributed by atoms with van der Waals surface area (Å²) in [6, 6.07) is 6.48. The molecule has 94 valence electrons. The lowest BCUT2D eigenvalue weighted by Gasteiger charge is -2.14. The van der Waals surface area contributed by atoms with Crippen LogP contribution in [0.3, 0.4) is 0 Å². The van der Waals surface area contributed by atoms with E-state index in [0.29, 0.717) is 0 Å². The van der Waals surface area contributed by atoms with E-state index in [1.165, 1.54) is 12.1 Å². The molecule has 2 heterocycles. The van der Waals surface area contributed by atoms with Crippen molar-refractivity contribution in [3.63, 3.8) is 0 Å². The van der Waals surface area contributed by atoms with Crippen LogP contribution in [-0.4, -0.2) is 27.1 Å². The summed E-state index contributed by atoms with van der Waals surface area (Å²) in [5.41, 5.74) is 0.954. The predicted molar refractivity (Wildman–Crippen MR) is 69.8 cm³/mol. The third kappa shape index (κ3) is 1.86. The second kappa shape index (κ2) is 4.61. The van der Waals surface area contributed by atoms with Crippen LogP contribution in [0.15, 0.2) is 29.4 Å². The number of thioether (sulfide) groups is 1. The summed E-state index contributed by atoms with van der Waals surface area (Å²) in [4.78, 5) is 2.06. The summed E-state index contributed by atoms with van der Waals surface area (Å²) in [5.74, 6) is 1.61. The third-order valence-corrected chi connectivity index (χ3v) is 3.75. The molecule has 1 aliphatic heterocycles. The molecule has 1 aromatic heterocycles. The van der Waals surface area contributed by atoms with E-state index >= 15 is 0 Å². The second-order valence-electron chi connectivity index (χ2n) is 4.00. The van der Waals surface area contributed by atoms with Gasteiger partial charge in [-0.25, -0.2) is 4.39 Å². The van der Waals surface area contributed by atoms with Crippen molar-refractivity contribution in [1.82, 2.24) is 14.8 Å². The summed E-state index contributed by atoms with van der Waals surface area (Å²) < 4.78 is 15.0. The van der Waals surface area contributed by atoms with Crippen LogP contribution < -0.4 is 4.90 Å². The molecule has 0 unspecified atom stereocenters. The van der Waals surface area contributed by atoms with Crippen LogP contribution in [0.5, 0.6) is 0 Å².